The molecule has 0 radical (unpaired) electrons. The average molecular weight is 391 g/mol. The van der Waals surface area contributed by atoms with Crippen molar-refractivity contribution < 1.29 is 19.1 Å². The second-order valence-electron chi connectivity index (χ2n) is 6.45. The fourth-order valence-electron chi connectivity index (χ4n) is 3.09. The van der Waals surface area contributed by atoms with Crippen LogP contribution in [-0.2, 0) is 13.0 Å². The number of Topliss-reactive ketones (excluding diaryl/α,β-unsaturated/α-hetero) is 1. The van der Waals surface area contributed by atoms with Gasteiger partial charge in [-0.05, 0) is 41.6 Å². The van der Waals surface area contributed by atoms with E-state index in [0.717, 1.165) is 0 Å². The van der Waals surface area contributed by atoms with E-state index in [0.29, 0.717) is 28.3 Å². The van der Waals surface area contributed by atoms with Gasteiger partial charge in [-0.3, -0.25) is 19.3 Å². The number of carbonyl (C=O) groups excluding carboxylic acids is 3. The number of amides is 2. The zero-order valence-corrected chi connectivity index (χ0v) is 15.6. The molecule has 0 saturated heterocycles. The Morgan fingerprint density at radius 2 is 1.66 bits per heavy atom. The number of hydrogen-bond donors (Lipinski definition) is 0. The Balaban J connectivity index is 1.37. The molecule has 4 rings (SSSR count). The zero-order valence-electron chi connectivity index (χ0n) is 15.6. The molecule has 9 nitrogen and oxygen atoms in total. The van der Waals surface area contributed by atoms with Gasteiger partial charge in [0.1, 0.15) is 12.3 Å². The van der Waals surface area contributed by atoms with Gasteiger partial charge in [0.15, 0.2) is 11.6 Å². The first-order valence-electron chi connectivity index (χ1n) is 8.96. The Hall–Kier alpha value is -3.88. The number of nitrogens with zero attached hydrogens (tertiary/aromatic N) is 5. The van der Waals surface area contributed by atoms with Crippen LogP contribution in [0.15, 0.2) is 48.5 Å². The van der Waals surface area contributed by atoms with Gasteiger partial charge in [-0.1, -0.05) is 12.1 Å². The van der Waals surface area contributed by atoms with Gasteiger partial charge < -0.3 is 4.74 Å². The van der Waals surface area contributed by atoms with Gasteiger partial charge in [-0.15, -0.1) is 10.2 Å². The van der Waals surface area contributed by atoms with E-state index in [1.807, 2.05) is 0 Å². The molecule has 29 heavy (non-hydrogen) atoms. The standard InChI is InChI=1S/C20H17N5O4/c1-29-14-8-6-13(7-9-14)17(26)12-25-22-18(21-23-25)10-11-24-19(27)15-4-2-3-5-16(15)20(24)28/h2-9H,10-12H2,1H3. The Morgan fingerprint density at radius 3 is 2.28 bits per heavy atom. The number of tetrazole rings is 1. The number of benzene rings is 2. The molecule has 0 unspecified atom stereocenters. The first kappa shape index (κ1) is 18.5. The third-order valence-corrected chi connectivity index (χ3v) is 4.63. The number of methoxy groups -OCH3 is 1. The molecular formula is C20H17N5O4. The minimum Gasteiger partial charge on any atom is -0.497 e. The summed E-state index contributed by atoms with van der Waals surface area (Å²) in [7, 11) is 1.56. The summed E-state index contributed by atoms with van der Waals surface area (Å²) in [6.07, 6.45) is 0.252. The van der Waals surface area contributed by atoms with Crippen molar-refractivity contribution in [1.29, 1.82) is 0 Å². The molecule has 2 heterocycles. The Kier molecular flexibility index (Phi) is 4.86. The van der Waals surface area contributed by atoms with E-state index in [1.165, 1.54) is 9.70 Å². The molecule has 9 heteroatoms. The lowest BCUT2D eigenvalue weighted by Gasteiger charge is -2.11. The second kappa shape index (κ2) is 7.63. The molecule has 0 aliphatic carbocycles. The largest absolute Gasteiger partial charge is 0.497 e. The summed E-state index contributed by atoms with van der Waals surface area (Å²) in [5.41, 5.74) is 1.31. The molecule has 1 aliphatic rings. The van der Waals surface area contributed by atoms with Gasteiger partial charge in [0.2, 0.25) is 0 Å². The topological polar surface area (TPSA) is 107 Å². The first-order valence-corrected chi connectivity index (χ1v) is 8.96. The molecule has 0 saturated carbocycles. The second-order valence-corrected chi connectivity index (χ2v) is 6.45. The summed E-state index contributed by atoms with van der Waals surface area (Å²) in [6, 6.07) is 13.5. The molecule has 2 aromatic carbocycles. The van der Waals surface area contributed by atoms with E-state index in [4.69, 9.17) is 4.74 Å². The maximum atomic E-state index is 12.4. The van der Waals surface area contributed by atoms with Crippen LogP contribution in [-0.4, -0.2) is 56.4 Å². The molecule has 1 aliphatic heterocycles. The first-order chi connectivity index (χ1) is 14.1. The predicted molar refractivity (Wildman–Crippen MR) is 101 cm³/mol. The van der Waals surface area contributed by atoms with Gasteiger partial charge in [0.05, 0.1) is 18.2 Å². The van der Waals surface area contributed by atoms with Crippen LogP contribution in [0.4, 0.5) is 0 Å². The smallest absolute Gasteiger partial charge is 0.261 e. The van der Waals surface area contributed by atoms with E-state index in [1.54, 1.807) is 55.6 Å². The monoisotopic (exact) mass is 391 g/mol. The molecule has 1 aromatic heterocycles. The van der Waals surface area contributed by atoms with Crippen LogP contribution < -0.4 is 4.74 Å². The van der Waals surface area contributed by atoms with Crippen molar-refractivity contribution >= 4 is 17.6 Å². The minimum absolute atomic E-state index is 0.0631. The van der Waals surface area contributed by atoms with Gasteiger partial charge in [-0.25, -0.2) is 0 Å². The molecule has 0 N–H and O–H groups in total. The number of carbonyl (C=O) groups is 3. The van der Waals surface area contributed by atoms with Crippen molar-refractivity contribution in [1.82, 2.24) is 25.1 Å². The summed E-state index contributed by atoms with van der Waals surface area (Å²) >= 11 is 0. The zero-order chi connectivity index (χ0) is 20.4. The van der Waals surface area contributed by atoms with Crippen molar-refractivity contribution in [3.63, 3.8) is 0 Å². The maximum absolute atomic E-state index is 12.4. The van der Waals surface area contributed by atoms with Crippen LogP contribution in [0, 0.1) is 0 Å². The van der Waals surface area contributed by atoms with Crippen molar-refractivity contribution in [3.8, 4) is 5.75 Å². The number of imide groups is 1. The van der Waals surface area contributed by atoms with Crippen molar-refractivity contribution in [3.05, 3.63) is 71.0 Å². The van der Waals surface area contributed by atoms with Crippen LogP contribution in [0.2, 0.25) is 0 Å². The van der Waals surface area contributed by atoms with Crippen molar-refractivity contribution in [2.75, 3.05) is 13.7 Å². The summed E-state index contributed by atoms with van der Waals surface area (Å²) in [5.74, 6) is 0.192. The van der Waals surface area contributed by atoms with Crippen LogP contribution in [0.3, 0.4) is 0 Å². The lowest BCUT2D eigenvalue weighted by Crippen LogP contribution is -2.32. The maximum Gasteiger partial charge on any atom is 0.261 e. The Bertz CT molecular complexity index is 1060. The van der Waals surface area contributed by atoms with E-state index >= 15 is 0 Å². The third kappa shape index (κ3) is 3.62. The number of rotatable bonds is 7. The van der Waals surface area contributed by atoms with Crippen LogP contribution in [0.5, 0.6) is 5.75 Å². The molecular weight excluding hydrogens is 374 g/mol. The molecule has 0 fully saturated rings. The number of hydrogen-bond acceptors (Lipinski definition) is 7. The lowest BCUT2D eigenvalue weighted by atomic mass is 10.1. The molecule has 146 valence electrons. The summed E-state index contributed by atoms with van der Waals surface area (Å²) < 4.78 is 5.07. The number of ketones is 1. The lowest BCUT2D eigenvalue weighted by molar-refractivity contribution is 0.0655. The highest BCUT2D eigenvalue weighted by Gasteiger charge is 2.34. The highest BCUT2D eigenvalue weighted by molar-refractivity contribution is 6.21. The van der Waals surface area contributed by atoms with Crippen LogP contribution in [0.25, 0.3) is 0 Å². The van der Waals surface area contributed by atoms with E-state index in [2.05, 4.69) is 15.4 Å². The fourth-order valence-corrected chi connectivity index (χ4v) is 3.09. The van der Waals surface area contributed by atoms with E-state index < -0.39 is 0 Å². The fraction of sp³-hybridized carbons (Fsp3) is 0.200. The SMILES string of the molecule is COc1ccc(C(=O)Cn2nnc(CCN3C(=O)c4ccccc4C3=O)n2)cc1. The van der Waals surface area contributed by atoms with Crippen LogP contribution in [0.1, 0.15) is 36.9 Å². The van der Waals surface area contributed by atoms with Crippen molar-refractivity contribution in [2.45, 2.75) is 13.0 Å². The van der Waals surface area contributed by atoms with Crippen LogP contribution >= 0.6 is 0 Å². The van der Waals surface area contributed by atoms with Crippen molar-refractivity contribution in [2.24, 2.45) is 0 Å². The number of fused-ring (bicyclic) bond motifs is 1. The summed E-state index contributed by atoms with van der Waals surface area (Å²) in [4.78, 5) is 39.5. The summed E-state index contributed by atoms with van der Waals surface area (Å²) in [5, 5.41) is 12.0. The molecule has 0 spiro atoms. The van der Waals surface area contributed by atoms with Gasteiger partial charge >= 0.3 is 0 Å². The third-order valence-electron chi connectivity index (χ3n) is 4.63. The van der Waals surface area contributed by atoms with Gasteiger partial charge in [0, 0.05) is 18.5 Å². The Morgan fingerprint density at radius 1 is 1.00 bits per heavy atom. The molecule has 3 aromatic rings. The molecule has 0 atom stereocenters. The van der Waals surface area contributed by atoms with E-state index in [-0.39, 0.29) is 37.1 Å². The molecule has 2 amide bonds. The highest BCUT2D eigenvalue weighted by atomic mass is 16.5. The predicted octanol–water partition coefficient (Wildman–Crippen LogP) is 1.40. The minimum atomic E-state index is -0.326. The average Bonchev–Trinajstić information content (AvgIpc) is 3.29. The Labute approximate surface area is 165 Å². The highest BCUT2D eigenvalue weighted by Crippen LogP contribution is 2.22. The number of aromatic nitrogens is 4. The quantitative estimate of drug-likeness (QED) is 0.443. The molecule has 0 bridgehead atoms. The summed E-state index contributed by atoms with van der Waals surface area (Å²) in [6.45, 7) is 0.0802. The normalized spacial score (nSPS) is 12.9. The number of ether oxygens (including phenoxy) is 1. The van der Waals surface area contributed by atoms with Gasteiger partial charge in [-0.2, -0.15) is 4.80 Å². The van der Waals surface area contributed by atoms with Gasteiger partial charge in [0.25, 0.3) is 11.8 Å². The van der Waals surface area contributed by atoms with E-state index in [9.17, 15) is 14.4 Å².